The standard InChI is InChI=1S/C12H19ClN2O/c1-4-12(3,8-16)15-9(2)10-5-6-14-11(13)7-10/h5-7,9,15-16H,4,8H2,1-3H3. The van der Waals surface area contributed by atoms with E-state index in [0.29, 0.717) is 5.15 Å². The van der Waals surface area contributed by atoms with Crippen LogP contribution in [0.15, 0.2) is 18.3 Å². The second-order valence-corrected chi connectivity index (χ2v) is 4.74. The molecule has 0 aliphatic rings. The van der Waals surface area contributed by atoms with Gasteiger partial charge in [-0.2, -0.15) is 0 Å². The zero-order valence-corrected chi connectivity index (χ0v) is 10.8. The highest BCUT2D eigenvalue weighted by Crippen LogP contribution is 2.19. The molecule has 0 fully saturated rings. The van der Waals surface area contributed by atoms with E-state index in [1.165, 1.54) is 0 Å². The predicted octanol–water partition coefficient (Wildman–Crippen LogP) is 2.55. The Hall–Kier alpha value is -0.640. The van der Waals surface area contributed by atoms with E-state index in [2.05, 4.69) is 24.1 Å². The smallest absolute Gasteiger partial charge is 0.129 e. The number of nitrogens with one attached hydrogen (secondary N) is 1. The van der Waals surface area contributed by atoms with Crippen molar-refractivity contribution in [3.63, 3.8) is 0 Å². The lowest BCUT2D eigenvalue weighted by molar-refractivity contribution is 0.159. The van der Waals surface area contributed by atoms with E-state index in [0.717, 1.165) is 12.0 Å². The number of halogens is 1. The Balaban J connectivity index is 2.75. The van der Waals surface area contributed by atoms with Crippen molar-refractivity contribution in [1.29, 1.82) is 0 Å². The van der Waals surface area contributed by atoms with Crippen LogP contribution in [0.1, 0.15) is 38.8 Å². The number of pyridine rings is 1. The molecule has 1 aromatic rings. The fourth-order valence-corrected chi connectivity index (χ4v) is 1.73. The highest BCUT2D eigenvalue weighted by molar-refractivity contribution is 6.29. The molecule has 0 spiro atoms. The quantitative estimate of drug-likeness (QED) is 0.780. The molecule has 2 N–H and O–H groups in total. The average Bonchev–Trinajstić information content (AvgIpc) is 2.29. The van der Waals surface area contributed by atoms with Gasteiger partial charge in [-0.05, 0) is 38.0 Å². The first-order valence-corrected chi connectivity index (χ1v) is 5.88. The second-order valence-electron chi connectivity index (χ2n) is 4.35. The molecule has 0 bridgehead atoms. The number of aromatic nitrogens is 1. The summed E-state index contributed by atoms with van der Waals surface area (Å²) in [7, 11) is 0. The molecule has 2 atom stereocenters. The van der Waals surface area contributed by atoms with Crippen LogP contribution in [-0.4, -0.2) is 22.2 Å². The maximum absolute atomic E-state index is 9.33. The minimum absolute atomic E-state index is 0.118. The number of nitrogens with zero attached hydrogens (tertiary/aromatic N) is 1. The van der Waals surface area contributed by atoms with Crippen LogP contribution in [0, 0.1) is 0 Å². The van der Waals surface area contributed by atoms with Crippen molar-refractivity contribution < 1.29 is 5.11 Å². The Morgan fingerprint density at radius 2 is 2.31 bits per heavy atom. The highest BCUT2D eigenvalue weighted by atomic mass is 35.5. The SMILES string of the molecule is CCC(C)(CO)NC(C)c1ccnc(Cl)c1. The Bertz CT molecular complexity index is 340. The van der Waals surface area contributed by atoms with Gasteiger partial charge in [0.2, 0.25) is 0 Å². The third-order valence-corrected chi connectivity index (χ3v) is 3.15. The van der Waals surface area contributed by atoms with Gasteiger partial charge in [-0.3, -0.25) is 0 Å². The number of hydrogen-bond donors (Lipinski definition) is 2. The molecule has 0 radical (unpaired) electrons. The van der Waals surface area contributed by atoms with E-state index >= 15 is 0 Å². The molecule has 1 heterocycles. The van der Waals surface area contributed by atoms with Crippen LogP contribution in [0.5, 0.6) is 0 Å². The van der Waals surface area contributed by atoms with Gasteiger partial charge >= 0.3 is 0 Å². The Morgan fingerprint density at radius 1 is 1.62 bits per heavy atom. The predicted molar refractivity (Wildman–Crippen MR) is 66.6 cm³/mol. The van der Waals surface area contributed by atoms with Crippen molar-refractivity contribution in [1.82, 2.24) is 10.3 Å². The lowest BCUT2D eigenvalue weighted by atomic mass is 9.97. The molecule has 2 unspecified atom stereocenters. The van der Waals surface area contributed by atoms with Crippen LogP contribution >= 0.6 is 11.6 Å². The number of aliphatic hydroxyl groups excluding tert-OH is 1. The molecule has 0 saturated carbocycles. The Labute approximate surface area is 102 Å². The molecule has 1 rings (SSSR count). The lowest BCUT2D eigenvalue weighted by Crippen LogP contribution is -2.46. The van der Waals surface area contributed by atoms with Crippen molar-refractivity contribution in [3.8, 4) is 0 Å². The minimum atomic E-state index is -0.255. The molecule has 0 amide bonds. The van der Waals surface area contributed by atoms with Crippen molar-refractivity contribution >= 4 is 11.6 Å². The van der Waals surface area contributed by atoms with Crippen molar-refractivity contribution in [2.24, 2.45) is 0 Å². The van der Waals surface area contributed by atoms with Gasteiger partial charge < -0.3 is 10.4 Å². The van der Waals surface area contributed by atoms with Crippen LogP contribution in [-0.2, 0) is 0 Å². The topological polar surface area (TPSA) is 45.1 Å². The third kappa shape index (κ3) is 3.44. The summed E-state index contributed by atoms with van der Waals surface area (Å²) in [5, 5.41) is 13.2. The lowest BCUT2D eigenvalue weighted by Gasteiger charge is -2.31. The molecule has 0 saturated heterocycles. The maximum Gasteiger partial charge on any atom is 0.129 e. The minimum Gasteiger partial charge on any atom is -0.394 e. The molecule has 0 aromatic carbocycles. The normalized spacial score (nSPS) is 16.8. The van der Waals surface area contributed by atoms with Gasteiger partial charge in [0.15, 0.2) is 0 Å². The molecular weight excluding hydrogens is 224 g/mol. The summed E-state index contributed by atoms with van der Waals surface area (Å²) >= 11 is 5.84. The van der Waals surface area contributed by atoms with Gasteiger partial charge in [-0.25, -0.2) is 4.98 Å². The maximum atomic E-state index is 9.33. The summed E-state index contributed by atoms with van der Waals surface area (Å²) in [4.78, 5) is 3.95. The van der Waals surface area contributed by atoms with Gasteiger partial charge in [0.1, 0.15) is 5.15 Å². The van der Waals surface area contributed by atoms with Crippen molar-refractivity contribution in [3.05, 3.63) is 29.0 Å². The van der Waals surface area contributed by atoms with Crippen molar-refractivity contribution in [2.45, 2.75) is 38.8 Å². The van der Waals surface area contributed by atoms with E-state index in [1.807, 2.05) is 19.1 Å². The summed E-state index contributed by atoms with van der Waals surface area (Å²) in [5.41, 5.74) is 0.822. The summed E-state index contributed by atoms with van der Waals surface area (Å²) in [6.45, 7) is 6.23. The molecule has 16 heavy (non-hydrogen) atoms. The monoisotopic (exact) mass is 242 g/mol. The van der Waals surface area contributed by atoms with Crippen LogP contribution in [0.2, 0.25) is 5.15 Å². The summed E-state index contributed by atoms with van der Waals surface area (Å²) < 4.78 is 0. The van der Waals surface area contributed by atoms with E-state index in [4.69, 9.17) is 11.6 Å². The molecular formula is C12H19ClN2O. The van der Waals surface area contributed by atoms with Gasteiger partial charge in [-0.1, -0.05) is 18.5 Å². The van der Waals surface area contributed by atoms with Crippen molar-refractivity contribution in [2.75, 3.05) is 6.61 Å². The zero-order valence-electron chi connectivity index (χ0n) is 10.00. The fraction of sp³-hybridized carbons (Fsp3) is 0.583. The average molecular weight is 243 g/mol. The van der Waals surface area contributed by atoms with Gasteiger partial charge in [0, 0.05) is 17.8 Å². The fourth-order valence-electron chi connectivity index (χ4n) is 1.55. The van der Waals surface area contributed by atoms with Crippen LogP contribution in [0.25, 0.3) is 0 Å². The van der Waals surface area contributed by atoms with E-state index in [9.17, 15) is 5.11 Å². The Kier molecular flexibility index (Phi) is 4.71. The molecule has 0 aliphatic heterocycles. The first kappa shape index (κ1) is 13.4. The highest BCUT2D eigenvalue weighted by Gasteiger charge is 2.23. The molecule has 1 aromatic heterocycles. The van der Waals surface area contributed by atoms with Crippen LogP contribution < -0.4 is 5.32 Å². The largest absolute Gasteiger partial charge is 0.394 e. The van der Waals surface area contributed by atoms with Crippen LogP contribution in [0.4, 0.5) is 0 Å². The summed E-state index contributed by atoms with van der Waals surface area (Å²) in [5.74, 6) is 0. The number of hydrogen-bond acceptors (Lipinski definition) is 3. The first-order chi connectivity index (χ1) is 7.50. The second kappa shape index (κ2) is 5.62. The summed E-state index contributed by atoms with van der Waals surface area (Å²) in [6.07, 6.45) is 2.56. The zero-order chi connectivity index (χ0) is 12.2. The molecule has 3 nitrogen and oxygen atoms in total. The molecule has 4 heteroatoms. The van der Waals surface area contributed by atoms with Crippen LogP contribution in [0.3, 0.4) is 0 Å². The molecule has 90 valence electrons. The van der Waals surface area contributed by atoms with E-state index in [-0.39, 0.29) is 18.2 Å². The number of rotatable bonds is 5. The van der Waals surface area contributed by atoms with E-state index in [1.54, 1.807) is 6.20 Å². The van der Waals surface area contributed by atoms with Gasteiger partial charge in [0.25, 0.3) is 0 Å². The Morgan fingerprint density at radius 3 is 2.81 bits per heavy atom. The summed E-state index contributed by atoms with van der Waals surface area (Å²) in [6, 6.07) is 3.90. The van der Waals surface area contributed by atoms with E-state index < -0.39 is 0 Å². The third-order valence-electron chi connectivity index (χ3n) is 2.94. The van der Waals surface area contributed by atoms with Gasteiger partial charge in [0.05, 0.1) is 6.61 Å². The van der Waals surface area contributed by atoms with Gasteiger partial charge in [-0.15, -0.1) is 0 Å². The number of aliphatic hydroxyl groups is 1. The first-order valence-electron chi connectivity index (χ1n) is 5.51. The molecule has 0 aliphatic carbocycles.